The summed E-state index contributed by atoms with van der Waals surface area (Å²) >= 11 is 0. The maximum Gasteiger partial charge on any atom is 0.133 e. The minimum Gasteiger partial charge on any atom is -0.392 e. The summed E-state index contributed by atoms with van der Waals surface area (Å²) in [6, 6.07) is -0.201. The van der Waals surface area contributed by atoms with Gasteiger partial charge in [0.25, 0.3) is 0 Å². The number of rotatable bonds is 9. The Morgan fingerprint density at radius 1 is 1.05 bits per heavy atom. The molecule has 2 atom stereocenters. The van der Waals surface area contributed by atoms with E-state index in [1.54, 1.807) is 0 Å². The van der Waals surface area contributed by atoms with Gasteiger partial charge < -0.3 is 10.8 Å². The molecule has 3 heteroatoms. The Morgan fingerprint density at radius 3 is 1.95 bits per heavy atom. The SMILES string of the molecule is C=C.CC(C)CCC(=O)CC[C@H](O)[C@@H](N)CC(C)C. The second kappa shape index (κ2) is 12.4. The molecule has 0 saturated heterocycles. The van der Waals surface area contributed by atoms with E-state index in [1.165, 1.54) is 0 Å². The normalized spacial score (nSPS) is 13.9. The highest BCUT2D eigenvalue weighted by atomic mass is 16.3. The van der Waals surface area contributed by atoms with Gasteiger partial charge >= 0.3 is 0 Å². The predicted molar refractivity (Wildman–Crippen MR) is 83.0 cm³/mol. The molecule has 0 fully saturated rings. The zero-order valence-electron chi connectivity index (χ0n) is 13.2. The number of Topliss-reactive ketones (excluding diaryl/α,β-unsaturated/α-hetero) is 1. The Hall–Kier alpha value is -0.670. The molecule has 0 radical (unpaired) electrons. The predicted octanol–water partition coefficient (Wildman–Crippen LogP) is 3.31. The second-order valence-electron chi connectivity index (χ2n) is 5.87. The summed E-state index contributed by atoms with van der Waals surface area (Å²) in [5.74, 6) is 1.29. The van der Waals surface area contributed by atoms with Gasteiger partial charge in [-0.05, 0) is 31.1 Å². The molecule has 0 aromatic heterocycles. The van der Waals surface area contributed by atoms with Gasteiger partial charge in [0, 0.05) is 18.9 Å². The van der Waals surface area contributed by atoms with Crippen molar-refractivity contribution in [2.45, 2.75) is 71.9 Å². The largest absolute Gasteiger partial charge is 0.392 e. The fraction of sp³-hybridized carbons (Fsp3) is 0.812. The Kier molecular flexibility index (Phi) is 13.4. The lowest BCUT2D eigenvalue weighted by molar-refractivity contribution is -0.119. The van der Waals surface area contributed by atoms with Crippen LogP contribution in [0.5, 0.6) is 0 Å². The van der Waals surface area contributed by atoms with Crippen LogP contribution in [0.2, 0.25) is 0 Å². The smallest absolute Gasteiger partial charge is 0.133 e. The number of carbonyl (C=O) groups excluding carboxylic acids is 1. The lowest BCUT2D eigenvalue weighted by Gasteiger charge is -2.20. The number of aliphatic hydroxyl groups excluding tert-OH is 1. The molecule has 0 saturated carbocycles. The monoisotopic (exact) mass is 271 g/mol. The van der Waals surface area contributed by atoms with Crippen LogP contribution in [0, 0.1) is 11.8 Å². The van der Waals surface area contributed by atoms with Crippen LogP contribution >= 0.6 is 0 Å². The van der Waals surface area contributed by atoms with Gasteiger partial charge in [-0.2, -0.15) is 0 Å². The lowest BCUT2D eigenvalue weighted by Crippen LogP contribution is -2.36. The van der Waals surface area contributed by atoms with E-state index in [-0.39, 0.29) is 11.8 Å². The van der Waals surface area contributed by atoms with Crippen molar-refractivity contribution in [3.05, 3.63) is 13.2 Å². The van der Waals surface area contributed by atoms with E-state index >= 15 is 0 Å². The van der Waals surface area contributed by atoms with Crippen LogP contribution in [0.15, 0.2) is 13.2 Å². The standard InChI is InChI=1S/C14H29NO2.C2H4/c1-10(2)5-6-12(16)7-8-14(17)13(15)9-11(3)4;1-2/h10-11,13-14,17H,5-9,15H2,1-4H3;1-2H2/t13-,14-;/m0./s1. The third-order valence-corrected chi connectivity index (χ3v) is 2.96. The molecule has 3 N–H and O–H groups in total. The van der Waals surface area contributed by atoms with Gasteiger partial charge in [-0.1, -0.05) is 27.7 Å². The summed E-state index contributed by atoms with van der Waals surface area (Å²) in [6.07, 6.45) is 2.79. The minimum absolute atomic E-state index is 0.201. The summed E-state index contributed by atoms with van der Waals surface area (Å²) < 4.78 is 0. The molecule has 0 aromatic carbocycles. The number of nitrogens with two attached hydrogens (primary N) is 1. The summed E-state index contributed by atoms with van der Waals surface area (Å²) in [5.41, 5.74) is 5.87. The van der Waals surface area contributed by atoms with Crippen molar-refractivity contribution in [3.63, 3.8) is 0 Å². The Labute approximate surface area is 119 Å². The maximum absolute atomic E-state index is 11.5. The van der Waals surface area contributed by atoms with Crippen molar-refractivity contribution in [2.24, 2.45) is 17.6 Å². The van der Waals surface area contributed by atoms with Crippen molar-refractivity contribution >= 4 is 5.78 Å². The van der Waals surface area contributed by atoms with Crippen LogP contribution in [0.4, 0.5) is 0 Å². The third-order valence-electron chi connectivity index (χ3n) is 2.96. The van der Waals surface area contributed by atoms with Crippen LogP contribution in [-0.4, -0.2) is 23.0 Å². The van der Waals surface area contributed by atoms with E-state index in [4.69, 9.17) is 5.73 Å². The van der Waals surface area contributed by atoms with Crippen molar-refractivity contribution in [3.8, 4) is 0 Å². The maximum atomic E-state index is 11.5. The number of ketones is 1. The first kappa shape index (κ1) is 20.6. The minimum atomic E-state index is -0.541. The Bertz CT molecular complexity index is 227. The molecule has 0 aliphatic heterocycles. The molecule has 0 heterocycles. The molecule has 0 amide bonds. The topological polar surface area (TPSA) is 63.3 Å². The lowest BCUT2D eigenvalue weighted by atomic mass is 9.95. The quantitative estimate of drug-likeness (QED) is 0.632. The van der Waals surface area contributed by atoms with Gasteiger partial charge in [-0.25, -0.2) is 0 Å². The molecule has 0 bridgehead atoms. The summed E-state index contributed by atoms with van der Waals surface area (Å²) in [4.78, 5) is 11.5. The zero-order chi connectivity index (χ0) is 15.4. The van der Waals surface area contributed by atoms with Crippen LogP contribution in [0.25, 0.3) is 0 Å². The van der Waals surface area contributed by atoms with E-state index in [0.29, 0.717) is 31.1 Å². The second-order valence-corrected chi connectivity index (χ2v) is 5.87. The highest BCUT2D eigenvalue weighted by Gasteiger charge is 2.17. The average molecular weight is 271 g/mol. The van der Waals surface area contributed by atoms with Crippen molar-refractivity contribution in [1.82, 2.24) is 0 Å². The van der Waals surface area contributed by atoms with E-state index in [1.807, 2.05) is 0 Å². The molecular formula is C16H33NO2. The molecule has 114 valence electrons. The first-order chi connectivity index (χ1) is 8.82. The first-order valence-electron chi connectivity index (χ1n) is 7.28. The van der Waals surface area contributed by atoms with Gasteiger partial charge in [0.05, 0.1) is 6.10 Å². The molecule has 19 heavy (non-hydrogen) atoms. The molecular weight excluding hydrogens is 238 g/mol. The number of aliphatic hydroxyl groups is 1. The van der Waals surface area contributed by atoms with Crippen LogP contribution < -0.4 is 5.73 Å². The zero-order valence-corrected chi connectivity index (χ0v) is 13.2. The van der Waals surface area contributed by atoms with E-state index in [9.17, 15) is 9.90 Å². The van der Waals surface area contributed by atoms with Gasteiger partial charge in [0.15, 0.2) is 0 Å². The molecule has 0 aliphatic carbocycles. The van der Waals surface area contributed by atoms with Crippen molar-refractivity contribution in [2.75, 3.05) is 0 Å². The number of hydrogen-bond acceptors (Lipinski definition) is 3. The molecule has 3 nitrogen and oxygen atoms in total. The molecule has 0 rings (SSSR count). The fourth-order valence-corrected chi connectivity index (χ4v) is 1.80. The molecule has 0 aromatic rings. The first-order valence-corrected chi connectivity index (χ1v) is 7.28. The molecule has 0 aliphatic rings. The van der Waals surface area contributed by atoms with Crippen LogP contribution in [-0.2, 0) is 4.79 Å². The van der Waals surface area contributed by atoms with Gasteiger partial charge in [-0.3, -0.25) is 4.79 Å². The van der Waals surface area contributed by atoms with Crippen molar-refractivity contribution in [1.29, 1.82) is 0 Å². The van der Waals surface area contributed by atoms with Crippen molar-refractivity contribution < 1.29 is 9.90 Å². The van der Waals surface area contributed by atoms with Crippen LogP contribution in [0.1, 0.15) is 59.8 Å². The summed E-state index contributed by atoms with van der Waals surface area (Å²) in [5, 5.41) is 9.82. The van der Waals surface area contributed by atoms with E-state index in [2.05, 4.69) is 40.9 Å². The van der Waals surface area contributed by atoms with Gasteiger partial charge in [0.1, 0.15) is 5.78 Å². The average Bonchev–Trinajstić information content (AvgIpc) is 2.34. The summed E-state index contributed by atoms with van der Waals surface area (Å²) in [6.45, 7) is 14.4. The Balaban J connectivity index is 0. The highest BCUT2D eigenvalue weighted by molar-refractivity contribution is 5.78. The van der Waals surface area contributed by atoms with E-state index in [0.717, 1.165) is 12.8 Å². The molecule has 0 spiro atoms. The third kappa shape index (κ3) is 13.6. The molecule has 0 unspecified atom stereocenters. The van der Waals surface area contributed by atoms with Crippen LogP contribution in [0.3, 0.4) is 0 Å². The van der Waals surface area contributed by atoms with Gasteiger partial charge in [-0.15, -0.1) is 13.2 Å². The summed E-state index contributed by atoms with van der Waals surface area (Å²) in [7, 11) is 0. The van der Waals surface area contributed by atoms with Gasteiger partial charge in [0.2, 0.25) is 0 Å². The Morgan fingerprint density at radius 2 is 1.53 bits per heavy atom. The fourth-order valence-electron chi connectivity index (χ4n) is 1.80. The number of hydrogen-bond donors (Lipinski definition) is 2. The highest BCUT2D eigenvalue weighted by Crippen LogP contribution is 2.12. The number of carbonyl (C=O) groups is 1. The van der Waals surface area contributed by atoms with E-state index < -0.39 is 6.10 Å².